The molecule has 2 aromatic carbocycles. The first kappa shape index (κ1) is 19.0. The van der Waals surface area contributed by atoms with Gasteiger partial charge in [-0.15, -0.1) is 0 Å². The number of aromatic nitrogens is 1. The van der Waals surface area contributed by atoms with Gasteiger partial charge >= 0.3 is 0 Å². The minimum absolute atomic E-state index is 0.0975. The van der Waals surface area contributed by atoms with Crippen molar-refractivity contribution in [1.82, 2.24) is 14.8 Å². The standard InChI is InChI=1S/C22H21FN4O2/c23-17-8-6-16(7-9-17)22(29)27-13-11-26(12-14-27)15-21(28)25-20-5-1-4-19-18(20)3-2-10-24-19/h1-10H,11-15H2,(H,25,28). The number of piperazine rings is 1. The molecule has 0 aliphatic carbocycles. The highest BCUT2D eigenvalue weighted by atomic mass is 19.1. The van der Waals surface area contributed by atoms with Crippen LogP contribution >= 0.6 is 0 Å². The van der Waals surface area contributed by atoms with Crippen LogP contribution in [0.1, 0.15) is 10.4 Å². The van der Waals surface area contributed by atoms with E-state index >= 15 is 0 Å². The summed E-state index contributed by atoms with van der Waals surface area (Å²) in [6.07, 6.45) is 1.72. The van der Waals surface area contributed by atoms with Gasteiger partial charge < -0.3 is 10.2 Å². The Bertz CT molecular complexity index is 1030. The second-order valence-corrected chi connectivity index (χ2v) is 7.00. The molecule has 7 heteroatoms. The summed E-state index contributed by atoms with van der Waals surface area (Å²) in [5.41, 5.74) is 2.05. The number of hydrogen-bond donors (Lipinski definition) is 1. The van der Waals surface area contributed by atoms with Crippen LogP contribution in [0.15, 0.2) is 60.8 Å². The predicted molar refractivity (Wildman–Crippen MR) is 109 cm³/mol. The number of pyridine rings is 1. The number of carbonyl (C=O) groups is 2. The maximum absolute atomic E-state index is 13.0. The highest BCUT2D eigenvalue weighted by molar-refractivity contribution is 6.01. The van der Waals surface area contributed by atoms with Gasteiger partial charge in [0.2, 0.25) is 5.91 Å². The zero-order valence-electron chi connectivity index (χ0n) is 15.8. The third-order valence-corrected chi connectivity index (χ3v) is 5.04. The van der Waals surface area contributed by atoms with E-state index in [2.05, 4.69) is 10.3 Å². The zero-order chi connectivity index (χ0) is 20.2. The van der Waals surface area contributed by atoms with Crippen molar-refractivity contribution < 1.29 is 14.0 Å². The lowest BCUT2D eigenvalue weighted by atomic mass is 10.1. The van der Waals surface area contributed by atoms with E-state index in [4.69, 9.17) is 0 Å². The number of halogens is 1. The van der Waals surface area contributed by atoms with E-state index in [1.165, 1.54) is 24.3 Å². The summed E-state index contributed by atoms with van der Waals surface area (Å²) in [7, 11) is 0. The smallest absolute Gasteiger partial charge is 0.253 e. The molecule has 1 saturated heterocycles. The van der Waals surface area contributed by atoms with Crippen molar-refractivity contribution in [2.24, 2.45) is 0 Å². The Hall–Kier alpha value is -3.32. The Morgan fingerprint density at radius 2 is 1.72 bits per heavy atom. The van der Waals surface area contributed by atoms with Gasteiger partial charge in [0.05, 0.1) is 17.7 Å². The van der Waals surface area contributed by atoms with Crippen molar-refractivity contribution in [3.05, 3.63) is 72.2 Å². The quantitative estimate of drug-likeness (QED) is 0.742. The normalized spacial score (nSPS) is 14.7. The molecular weight excluding hydrogens is 371 g/mol. The van der Waals surface area contributed by atoms with Crippen LogP contribution in [-0.2, 0) is 4.79 Å². The van der Waals surface area contributed by atoms with Crippen LogP contribution in [0.25, 0.3) is 10.9 Å². The summed E-state index contributed by atoms with van der Waals surface area (Å²) in [4.78, 5) is 33.1. The van der Waals surface area contributed by atoms with Gasteiger partial charge in [0.1, 0.15) is 5.82 Å². The molecule has 3 aromatic rings. The Labute approximate surface area is 167 Å². The number of hydrogen-bond acceptors (Lipinski definition) is 4. The molecule has 0 radical (unpaired) electrons. The Balaban J connectivity index is 1.32. The van der Waals surface area contributed by atoms with Gasteiger partial charge in [0.25, 0.3) is 5.91 Å². The predicted octanol–water partition coefficient (Wildman–Crippen LogP) is 2.77. The summed E-state index contributed by atoms with van der Waals surface area (Å²) in [5, 5.41) is 3.86. The molecule has 1 aromatic heterocycles. The number of carbonyl (C=O) groups excluding carboxylic acids is 2. The minimum atomic E-state index is -0.362. The monoisotopic (exact) mass is 392 g/mol. The molecule has 2 heterocycles. The number of nitrogens with one attached hydrogen (secondary N) is 1. The molecule has 0 spiro atoms. The van der Waals surface area contributed by atoms with Crippen LogP contribution in [0.4, 0.5) is 10.1 Å². The summed E-state index contributed by atoms with van der Waals surface area (Å²) in [5.74, 6) is -0.573. The lowest BCUT2D eigenvalue weighted by Gasteiger charge is -2.34. The van der Waals surface area contributed by atoms with Crippen molar-refractivity contribution in [3.63, 3.8) is 0 Å². The van der Waals surface area contributed by atoms with E-state index in [-0.39, 0.29) is 24.2 Å². The molecule has 1 aliphatic rings. The van der Waals surface area contributed by atoms with Crippen LogP contribution in [0.3, 0.4) is 0 Å². The highest BCUT2D eigenvalue weighted by Gasteiger charge is 2.23. The first-order valence-electron chi connectivity index (χ1n) is 9.51. The molecule has 0 atom stereocenters. The van der Waals surface area contributed by atoms with E-state index < -0.39 is 0 Å². The molecule has 29 heavy (non-hydrogen) atoms. The van der Waals surface area contributed by atoms with Gasteiger partial charge in [-0.2, -0.15) is 0 Å². The maximum atomic E-state index is 13.0. The topological polar surface area (TPSA) is 65.5 Å². The number of anilines is 1. The number of fused-ring (bicyclic) bond motifs is 1. The number of nitrogens with zero attached hydrogens (tertiary/aromatic N) is 3. The first-order chi connectivity index (χ1) is 14.1. The number of benzene rings is 2. The van der Waals surface area contributed by atoms with Crippen LogP contribution in [0, 0.1) is 5.82 Å². The van der Waals surface area contributed by atoms with Gasteiger partial charge in [-0.1, -0.05) is 6.07 Å². The largest absolute Gasteiger partial charge is 0.336 e. The second-order valence-electron chi connectivity index (χ2n) is 7.00. The van der Waals surface area contributed by atoms with Gasteiger partial charge in [-0.25, -0.2) is 4.39 Å². The molecule has 1 fully saturated rings. The van der Waals surface area contributed by atoms with Gasteiger partial charge in [-0.05, 0) is 48.5 Å². The lowest BCUT2D eigenvalue weighted by molar-refractivity contribution is -0.117. The molecule has 0 bridgehead atoms. The average Bonchev–Trinajstić information content (AvgIpc) is 2.74. The molecule has 4 rings (SSSR count). The molecule has 148 valence electrons. The summed E-state index contributed by atoms with van der Waals surface area (Å²) >= 11 is 0. The van der Waals surface area contributed by atoms with Crippen LogP contribution in [-0.4, -0.2) is 59.3 Å². The summed E-state index contributed by atoms with van der Waals surface area (Å²) < 4.78 is 13.0. The molecule has 0 unspecified atom stereocenters. The number of rotatable bonds is 4. The van der Waals surface area contributed by atoms with Crippen molar-refractivity contribution in [3.8, 4) is 0 Å². The molecule has 1 aliphatic heterocycles. The SMILES string of the molecule is O=C(CN1CCN(C(=O)c2ccc(F)cc2)CC1)Nc1cccc2ncccc12. The fraction of sp³-hybridized carbons (Fsp3) is 0.227. The molecule has 2 amide bonds. The average molecular weight is 392 g/mol. The third kappa shape index (κ3) is 4.41. The fourth-order valence-electron chi connectivity index (χ4n) is 3.49. The summed E-state index contributed by atoms with van der Waals surface area (Å²) in [6.45, 7) is 2.54. The molecule has 1 N–H and O–H groups in total. The van der Waals surface area contributed by atoms with E-state index in [1.54, 1.807) is 11.1 Å². The Morgan fingerprint density at radius 3 is 2.48 bits per heavy atom. The van der Waals surface area contributed by atoms with E-state index in [1.807, 2.05) is 35.2 Å². The molecular formula is C22H21FN4O2. The zero-order valence-corrected chi connectivity index (χ0v) is 15.8. The highest BCUT2D eigenvalue weighted by Crippen LogP contribution is 2.21. The first-order valence-corrected chi connectivity index (χ1v) is 9.51. The Kier molecular flexibility index (Phi) is 5.48. The van der Waals surface area contributed by atoms with Crippen molar-refractivity contribution in [1.29, 1.82) is 0 Å². The van der Waals surface area contributed by atoms with Gasteiger partial charge in [0, 0.05) is 43.3 Å². The number of amides is 2. The lowest BCUT2D eigenvalue weighted by Crippen LogP contribution is -2.50. The van der Waals surface area contributed by atoms with Crippen molar-refractivity contribution in [2.75, 3.05) is 38.0 Å². The maximum Gasteiger partial charge on any atom is 0.253 e. The fourth-order valence-corrected chi connectivity index (χ4v) is 3.49. The van der Waals surface area contributed by atoms with E-state index in [9.17, 15) is 14.0 Å². The van der Waals surface area contributed by atoms with Crippen molar-refractivity contribution in [2.45, 2.75) is 0 Å². The molecule has 6 nitrogen and oxygen atoms in total. The van der Waals surface area contributed by atoms with E-state index in [0.717, 1.165) is 16.6 Å². The third-order valence-electron chi connectivity index (χ3n) is 5.04. The van der Waals surface area contributed by atoms with Crippen LogP contribution in [0.2, 0.25) is 0 Å². The van der Waals surface area contributed by atoms with Crippen molar-refractivity contribution >= 4 is 28.4 Å². The van der Waals surface area contributed by atoms with Gasteiger partial charge in [-0.3, -0.25) is 19.5 Å². The van der Waals surface area contributed by atoms with Crippen LogP contribution in [0.5, 0.6) is 0 Å². The summed E-state index contributed by atoms with van der Waals surface area (Å²) in [6, 6.07) is 15.0. The van der Waals surface area contributed by atoms with Gasteiger partial charge in [0.15, 0.2) is 0 Å². The minimum Gasteiger partial charge on any atom is -0.336 e. The Morgan fingerprint density at radius 1 is 0.966 bits per heavy atom. The van der Waals surface area contributed by atoms with E-state index in [0.29, 0.717) is 31.7 Å². The second kappa shape index (κ2) is 8.36. The molecule has 0 saturated carbocycles. The van der Waals surface area contributed by atoms with Crippen LogP contribution < -0.4 is 5.32 Å².